The second-order valence-corrected chi connectivity index (χ2v) is 9.41. The Balaban J connectivity index is 1.69. The SMILES string of the molecule is CCCCCCCCCCCC1=N/C(=C/c2[nH]c(-c3ccc(C)[nH]3)c(C(=O)OCC)c2OCC)C=C1. The number of allylic oxidation sites excluding steroid dienone is 2. The predicted molar refractivity (Wildman–Crippen MR) is 149 cm³/mol. The van der Waals surface area contributed by atoms with Crippen LogP contribution < -0.4 is 4.74 Å². The number of hydrogen-bond acceptors (Lipinski definition) is 4. The number of H-pyrrole nitrogens is 2. The van der Waals surface area contributed by atoms with Crippen molar-refractivity contribution in [3.05, 3.63) is 46.9 Å². The number of carbonyl (C=O) groups excluding carboxylic acids is 1. The number of aryl methyl sites for hydroxylation is 1. The zero-order valence-electron chi connectivity index (χ0n) is 22.5. The van der Waals surface area contributed by atoms with Crippen LogP contribution in [0.2, 0.25) is 0 Å². The Hall–Kier alpha value is -3.02. The van der Waals surface area contributed by atoms with Gasteiger partial charge in [-0.3, -0.25) is 4.99 Å². The first-order chi connectivity index (χ1) is 17.6. The maximum Gasteiger partial charge on any atom is 0.344 e. The summed E-state index contributed by atoms with van der Waals surface area (Å²) in [7, 11) is 0. The van der Waals surface area contributed by atoms with E-state index in [9.17, 15) is 4.79 Å². The zero-order chi connectivity index (χ0) is 25.8. The smallest absolute Gasteiger partial charge is 0.344 e. The summed E-state index contributed by atoms with van der Waals surface area (Å²) < 4.78 is 11.3. The fraction of sp³-hybridized carbons (Fsp3) is 0.533. The Morgan fingerprint density at radius 2 is 1.64 bits per heavy atom. The number of rotatable bonds is 16. The number of hydrogen-bond donors (Lipinski definition) is 2. The summed E-state index contributed by atoms with van der Waals surface area (Å²) in [5.41, 5.74) is 5.59. The average molecular weight is 494 g/mol. The van der Waals surface area contributed by atoms with E-state index in [0.717, 1.165) is 34.9 Å². The van der Waals surface area contributed by atoms with Crippen LogP contribution in [-0.2, 0) is 4.74 Å². The largest absolute Gasteiger partial charge is 0.491 e. The van der Waals surface area contributed by atoms with Crippen LogP contribution in [0.1, 0.15) is 107 Å². The Morgan fingerprint density at radius 1 is 0.917 bits per heavy atom. The van der Waals surface area contributed by atoms with Gasteiger partial charge < -0.3 is 19.4 Å². The Morgan fingerprint density at radius 3 is 2.28 bits per heavy atom. The lowest BCUT2D eigenvalue weighted by Gasteiger charge is -2.07. The molecular weight excluding hydrogens is 450 g/mol. The number of nitrogens with zero attached hydrogens (tertiary/aromatic N) is 1. The molecule has 0 amide bonds. The third-order valence-corrected chi connectivity index (χ3v) is 6.40. The summed E-state index contributed by atoms with van der Waals surface area (Å²) >= 11 is 0. The molecule has 1 aliphatic heterocycles. The summed E-state index contributed by atoms with van der Waals surface area (Å²) in [5.74, 6) is 0.0994. The van der Waals surface area contributed by atoms with E-state index in [1.54, 1.807) is 6.92 Å². The van der Waals surface area contributed by atoms with Gasteiger partial charge in [-0.25, -0.2) is 4.79 Å². The molecule has 0 fully saturated rings. The van der Waals surface area contributed by atoms with Crippen LogP contribution in [0.4, 0.5) is 0 Å². The van der Waals surface area contributed by atoms with E-state index >= 15 is 0 Å². The molecule has 196 valence electrons. The minimum Gasteiger partial charge on any atom is -0.491 e. The summed E-state index contributed by atoms with van der Waals surface area (Å²) in [5, 5.41) is 0. The van der Waals surface area contributed by atoms with E-state index in [2.05, 4.69) is 23.0 Å². The third-order valence-electron chi connectivity index (χ3n) is 6.40. The van der Waals surface area contributed by atoms with E-state index in [0.29, 0.717) is 30.2 Å². The predicted octanol–water partition coefficient (Wildman–Crippen LogP) is 8.17. The molecule has 0 saturated carbocycles. The van der Waals surface area contributed by atoms with Gasteiger partial charge in [-0.05, 0) is 64.0 Å². The molecule has 3 heterocycles. The topological polar surface area (TPSA) is 79.5 Å². The van der Waals surface area contributed by atoms with E-state index in [1.165, 1.54) is 57.8 Å². The number of nitrogens with one attached hydrogen (secondary N) is 2. The molecule has 0 bridgehead atoms. The highest BCUT2D eigenvalue weighted by Gasteiger charge is 2.27. The van der Waals surface area contributed by atoms with Crippen molar-refractivity contribution < 1.29 is 14.3 Å². The van der Waals surface area contributed by atoms with Crippen LogP contribution in [0.3, 0.4) is 0 Å². The highest BCUT2D eigenvalue weighted by molar-refractivity contribution is 6.02. The number of aromatic amines is 2. The molecule has 0 saturated heterocycles. The Bertz CT molecular complexity index is 1070. The normalized spacial score (nSPS) is 14.0. The lowest BCUT2D eigenvalue weighted by atomic mass is 10.1. The number of aromatic nitrogens is 2. The van der Waals surface area contributed by atoms with Crippen molar-refractivity contribution in [2.75, 3.05) is 13.2 Å². The van der Waals surface area contributed by atoms with Gasteiger partial charge >= 0.3 is 5.97 Å². The van der Waals surface area contributed by atoms with Crippen LogP contribution in [0.15, 0.2) is 35.0 Å². The summed E-state index contributed by atoms with van der Waals surface area (Å²) in [6.07, 6.45) is 19.0. The van der Waals surface area contributed by atoms with Crippen LogP contribution in [-0.4, -0.2) is 34.9 Å². The van der Waals surface area contributed by atoms with Crippen molar-refractivity contribution in [2.45, 2.75) is 91.9 Å². The number of esters is 1. The maximum atomic E-state index is 12.9. The van der Waals surface area contributed by atoms with Crippen LogP contribution >= 0.6 is 0 Å². The number of ether oxygens (including phenoxy) is 2. The van der Waals surface area contributed by atoms with Gasteiger partial charge in [0.15, 0.2) is 5.75 Å². The van der Waals surface area contributed by atoms with Gasteiger partial charge in [0, 0.05) is 11.4 Å². The molecule has 2 aromatic heterocycles. The fourth-order valence-electron chi connectivity index (χ4n) is 4.55. The Kier molecular flexibility index (Phi) is 11.1. The minimum absolute atomic E-state index is 0.296. The molecule has 36 heavy (non-hydrogen) atoms. The standard InChI is InChI=1S/C30H43N3O3/c1-5-8-9-10-11-12-13-14-15-16-23-18-19-24(32-23)21-26-29(35-6-2)27(30(34)36-7-3)28(33-26)25-20-17-22(4)31-25/h17-21,31,33H,5-16H2,1-4H3/b24-21+. The quantitative estimate of drug-likeness (QED) is 0.183. The second kappa shape index (κ2) is 14.5. The average Bonchev–Trinajstić information content (AvgIpc) is 3.58. The van der Waals surface area contributed by atoms with Gasteiger partial charge in [-0.2, -0.15) is 0 Å². The van der Waals surface area contributed by atoms with Crippen molar-refractivity contribution in [3.63, 3.8) is 0 Å². The Labute approximate surface area is 216 Å². The molecule has 2 aromatic rings. The van der Waals surface area contributed by atoms with E-state index in [4.69, 9.17) is 14.5 Å². The molecule has 0 atom stereocenters. The molecule has 3 rings (SSSR count). The van der Waals surface area contributed by atoms with Gasteiger partial charge in [0.2, 0.25) is 0 Å². The number of carbonyl (C=O) groups is 1. The van der Waals surface area contributed by atoms with Crippen molar-refractivity contribution >= 4 is 17.8 Å². The first-order valence-electron chi connectivity index (χ1n) is 13.8. The molecule has 0 aliphatic carbocycles. The fourth-order valence-corrected chi connectivity index (χ4v) is 4.55. The van der Waals surface area contributed by atoms with Gasteiger partial charge in [-0.15, -0.1) is 0 Å². The van der Waals surface area contributed by atoms with Crippen molar-refractivity contribution in [3.8, 4) is 17.1 Å². The lowest BCUT2D eigenvalue weighted by Crippen LogP contribution is -2.08. The molecule has 0 spiro atoms. The molecule has 1 aliphatic rings. The van der Waals surface area contributed by atoms with E-state index < -0.39 is 5.97 Å². The zero-order valence-corrected chi connectivity index (χ0v) is 22.5. The van der Waals surface area contributed by atoms with Crippen LogP contribution in [0.25, 0.3) is 17.5 Å². The minimum atomic E-state index is -0.402. The molecule has 0 unspecified atom stereocenters. The van der Waals surface area contributed by atoms with Gasteiger partial charge in [0.05, 0.1) is 36.0 Å². The number of aliphatic imine (C=N–C) groups is 1. The summed E-state index contributed by atoms with van der Waals surface area (Å²) in [6.45, 7) is 8.69. The maximum absolute atomic E-state index is 12.9. The first-order valence-corrected chi connectivity index (χ1v) is 13.8. The molecule has 0 radical (unpaired) electrons. The molecular formula is C30H43N3O3. The molecule has 6 nitrogen and oxygen atoms in total. The molecule has 6 heteroatoms. The highest BCUT2D eigenvalue weighted by Crippen LogP contribution is 2.36. The van der Waals surface area contributed by atoms with Gasteiger partial charge in [-0.1, -0.05) is 58.3 Å². The lowest BCUT2D eigenvalue weighted by molar-refractivity contribution is 0.0523. The van der Waals surface area contributed by atoms with Crippen molar-refractivity contribution in [1.29, 1.82) is 0 Å². The number of unbranched alkanes of at least 4 members (excludes halogenated alkanes) is 8. The second-order valence-electron chi connectivity index (χ2n) is 9.41. The van der Waals surface area contributed by atoms with Crippen LogP contribution in [0, 0.1) is 6.92 Å². The van der Waals surface area contributed by atoms with Gasteiger partial charge in [0.25, 0.3) is 0 Å². The summed E-state index contributed by atoms with van der Waals surface area (Å²) in [6, 6.07) is 3.93. The highest BCUT2D eigenvalue weighted by atomic mass is 16.5. The van der Waals surface area contributed by atoms with E-state index in [-0.39, 0.29) is 0 Å². The van der Waals surface area contributed by atoms with Crippen LogP contribution in [0.5, 0.6) is 5.75 Å². The molecule has 0 aromatic carbocycles. The van der Waals surface area contributed by atoms with E-state index in [1.807, 2.05) is 38.1 Å². The summed E-state index contributed by atoms with van der Waals surface area (Å²) in [4.78, 5) is 24.4. The van der Waals surface area contributed by atoms with Crippen molar-refractivity contribution in [1.82, 2.24) is 9.97 Å². The van der Waals surface area contributed by atoms with Gasteiger partial charge in [0.1, 0.15) is 5.56 Å². The van der Waals surface area contributed by atoms with Crippen molar-refractivity contribution in [2.24, 2.45) is 4.99 Å². The molecule has 2 N–H and O–H groups in total. The monoisotopic (exact) mass is 493 g/mol. The third kappa shape index (κ3) is 7.74. The first kappa shape index (κ1) is 27.6.